The van der Waals surface area contributed by atoms with Crippen molar-refractivity contribution in [3.05, 3.63) is 78.6 Å². The molecular weight excluding hydrogens is 328 g/mol. The summed E-state index contributed by atoms with van der Waals surface area (Å²) < 4.78 is 16.5. The Balaban J connectivity index is 1.67. The van der Waals surface area contributed by atoms with E-state index in [4.69, 9.17) is 13.9 Å². The number of esters is 1. The molecule has 4 nitrogen and oxygen atoms in total. The maximum absolute atomic E-state index is 12.3. The van der Waals surface area contributed by atoms with Crippen LogP contribution in [0.1, 0.15) is 18.9 Å². The molecule has 0 spiro atoms. The van der Waals surface area contributed by atoms with Crippen molar-refractivity contribution in [2.45, 2.75) is 25.9 Å². The number of furan rings is 1. The van der Waals surface area contributed by atoms with Crippen LogP contribution in [0.5, 0.6) is 5.75 Å². The molecule has 0 aliphatic rings. The molecule has 2 aromatic carbocycles. The molecule has 0 radical (unpaired) electrons. The lowest BCUT2D eigenvalue weighted by Gasteiger charge is -2.18. The third kappa shape index (κ3) is 4.76. The highest BCUT2D eigenvalue weighted by Gasteiger charge is 2.22. The molecular formula is C22H22O4. The first-order chi connectivity index (χ1) is 12.8. The zero-order valence-corrected chi connectivity index (χ0v) is 14.8. The lowest BCUT2D eigenvalue weighted by atomic mass is 10.1. The number of carbonyl (C=O) groups is 1. The van der Waals surface area contributed by atoms with Crippen molar-refractivity contribution < 1.29 is 18.7 Å². The van der Waals surface area contributed by atoms with Gasteiger partial charge in [-0.3, -0.25) is 0 Å². The molecule has 1 heterocycles. The van der Waals surface area contributed by atoms with Gasteiger partial charge in [0.05, 0.1) is 12.9 Å². The van der Waals surface area contributed by atoms with Crippen LogP contribution >= 0.6 is 0 Å². The Hall–Kier alpha value is -3.01. The van der Waals surface area contributed by atoms with Crippen molar-refractivity contribution in [1.82, 2.24) is 0 Å². The molecule has 1 atom stereocenters. The average molecular weight is 350 g/mol. The van der Waals surface area contributed by atoms with E-state index in [2.05, 4.69) is 0 Å². The zero-order valence-electron chi connectivity index (χ0n) is 14.8. The Morgan fingerprint density at radius 3 is 2.42 bits per heavy atom. The summed E-state index contributed by atoms with van der Waals surface area (Å²) in [6.07, 6.45) is 2.31. The summed E-state index contributed by atoms with van der Waals surface area (Å²) in [7, 11) is 0. The van der Waals surface area contributed by atoms with Crippen LogP contribution in [0.3, 0.4) is 0 Å². The van der Waals surface area contributed by atoms with Gasteiger partial charge < -0.3 is 13.9 Å². The molecule has 1 aromatic heterocycles. The quantitative estimate of drug-likeness (QED) is 0.543. The third-order valence-electron chi connectivity index (χ3n) is 4.03. The molecule has 0 aliphatic heterocycles. The van der Waals surface area contributed by atoms with Gasteiger partial charge in [-0.15, -0.1) is 0 Å². The van der Waals surface area contributed by atoms with E-state index in [-0.39, 0.29) is 5.97 Å². The SMILES string of the molecule is CCOC(=O)[C@H](CCc1ccccc1)Oc1ccc(-c2ccco2)cc1. The third-order valence-corrected chi connectivity index (χ3v) is 4.03. The van der Waals surface area contributed by atoms with E-state index < -0.39 is 6.10 Å². The highest BCUT2D eigenvalue weighted by Crippen LogP contribution is 2.24. The highest BCUT2D eigenvalue weighted by atomic mass is 16.6. The van der Waals surface area contributed by atoms with Gasteiger partial charge in [0.15, 0.2) is 6.10 Å². The predicted octanol–water partition coefficient (Wildman–Crippen LogP) is 4.89. The fraction of sp³-hybridized carbons (Fsp3) is 0.227. The maximum atomic E-state index is 12.3. The highest BCUT2D eigenvalue weighted by molar-refractivity contribution is 5.75. The van der Waals surface area contributed by atoms with E-state index in [1.807, 2.05) is 66.7 Å². The zero-order chi connectivity index (χ0) is 18.2. The number of rotatable bonds is 8. The molecule has 4 heteroatoms. The summed E-state index contributed by atoms with van der Waals surface area (Å²) in [5.74, 6) is 1.09. The van der Waals surface area contributed by atoms with Crippen molar-refractivity contribution in [1.29, 1.82) is 0 Å². The lowest BCUT2D eigenvalue weighted by Crippen LogP contribution is -2.30. The minimum absolute atomic E-state index is 0.335. The molecule has 0 amide bonds. The van der Waals surface area contributed by atoms with Crippen molar-refractivity contribution >= 4 is 5.97 Å². The minimum atomic E-state index is -0.635. The Bertz CT molecular complexity index is 792. The minimum Gasteiger partial charge on any atom is -0.479 e. The number of hydrogen-bond donors (Lipinski definition) is 0. The number of hydrogen-bond acceptors (Lipinski definition) is 4. The number of ether oxygens (including phenoxy) is 2. The second-order valence-corrected chi connectivity index (χ2v) is 5.88. The Labute approximate surface area is 153 Å². The topological polar surface area (TPSA) is 48.7 Å². The number of aryl methyl sites for hydroxylation is 1. The largest absolute Gasteiger partial charge is 0.479 e. The van der Waals surface area contributed by atoms with Crippen LogP contribution in [-0.2, 0) is 16.0 Å². The van der Waals surface area contributed by atoms with Gasteiger partial charge in [0.25, 0.3) is 0 Å². The van der Waals surface area contributed by atoms with Gasteiger partial charge in [0.2, 0.25) is 0 Å². The van der Waals surface area contributed by atoms with Crippen molar-refractivity contribution in [2.24, 2.45) is 0 Å². The van der Waals surface area contributed by atoms with Gasteiger partial charge in [-0.05, 0) is 61.7 Å². The Morgan fingerprint density at radius 2 is 1.77 bits per heavy atom. The van der Waals surface area contributed by atoms with Crippen LogP contribution in [-0.4, -0.2) is 18.7 Å². The van der Waals surface area contributed by atoms with Crippen LogP contribution in [0, 0.1) is 0 Å². The molecule has 3 aromatic rings. The van der Waals surface area contributed by atoms with E-state index in [0.29, 0.717) is 18.8 Å². The standard InChI is InChI=1S/C22H22O4/c1-2-24-22(23)21(15-10-17-7-4-3-5-8-17)26-19-13-11-18(12-14-19)20-9-6-16-25-20/h3-9,11-14,16,21H,2,10,15H2,1H3/t21-/m0/s1. The van der Waals surface area contributed by atoms with Crippen molar-refractivity contribution in [3.8, 4) is 17.1 Å². The summed E-state index contributed by atoms with van der Waals surface area (Å²) in [6, 6.07) is 21.3. The smallest absolute Gasteiger partial charge is 0.347 e. The van der Waals surface area contributed by atoms with Gasteiger partial charge in [-0.1, -0.05) is 30.3 Å². The summed E-state index contributed by atoms with van der Waals surface area (Å²) in [5, 5.41) is 0. The molecule has 26 heavy (non-hydrogen) atoms. The number of benzene rings is 2. The number of carbonyl (C=O) groups excluding carboxylic acids is 1. The molecule has 0 aliphatic carbocycles. The molecule has 0 N–H and O–H groups in total. The first-order valence-corrected chi connectivity index (χ1v) is 8.77. The maximum Gasteiger partial charge on any atom is 0.347 e. The van der Waals surface area contributed by atoms with E-state index >= 15 is 0 Å². The first kappa shape index (κ1) is 17.8. The monoisotopic (exact) mass is 350 g/mol. The fourth-order valence-corrected chi connectivity index (χ4v) is 2.71. The van der Waals surface area contributed by atoms with Crippen molar-refractivity contribution in [2.75, 3.05) is 6.61 Å². The van der Waals surface area contributed by atoms with Crippen molar-refractivity contribution in [3.63, 3.8) is 0 Å². The molecule has 134 valence electrons. The average Bonchev–Trinajstić information content (AvgIpc) is 3.21. The van der Waals surface area contributed by atoms with Gasteiger partial charge in [0, 0.05) is 5.56 Å². The van der Waals surface area contributed by atoms with Crippen LogP contribution in [0.15, 0.2) is 77.4 Å². The Kier molecular flexibility index (Phi) is 6.09. The van der Waals surface area contributed by atoms with Gasteiger partial charge in [-0.25, -0.2) is 4.79 Å². The second-order valence-electron chi connectivity index (χ2n) is 5.88. The van der Waals surface area contributed by atoms with E-state index in [0.717, 1.165) is 17.7 Å². The van der Waals surface area contributed by atoms with Gasteiger partial charge >= 0.3 is 5.97 Å². The second kappa shape index (κ2) is 8.90. The van der Waals surface area contributed by atoms with Crippen LogP contribution in [0.4, 0.5) is 0 Å². The first-order valence-electron chi connectivity index (χ1n) is 8.77. The van der Waals surface area contributed by atoms with Gasteiger partial charge in [0.1, 0.15) is 11.5 Å². The van der Waals surface area contributed by atoms with E-state index in [1.165, 1.54) is 5.56 Å². The molecule has 0 saturated carbocycles. The Morgan fingerprint density at radius 1 is 1.00 bits per heavy atom. The molecule has 0 unspecified atom stereocenters. The lowest BCUT2D eigenvalue weighted by molar-refractivity contribution is -0.151. The van der Waals surface area contributed by atoms with Crippen LogP contribution in [0.25, 0.3) is 11.3 Å². The fourth-order valence-electron chi connectivity index (χ4n) is 2.71. The summed E-state index contributed by atoms with van der Waals surface area (Å²) in [4.78, 5) is 12.3. The summed E-state index contributed by atoms with van der Waals surface area (Å²) in [6.45, 7) is 2.13. The summed E-state index contributed by atoms with van der Waals surface area (Å²) >= 11 is 0. The molecule has 0 saturated heterocycles. The van der Waals surface area contributed by atoms with E-state index in [9.17, 15) is 4.79 Å². The molecule has 3 rings (SSSR count). The predicted molar refractivity (Wildman–Crippen MR) is 100.0 cm³/mol. The summed E-state index contributed by atoms with van der Waals surface area (Å²) in [5.41, 5.74) is 2.12. The van der Waals surface area contributed by atoms with Crippen LogP contribution in [0.2, 0.25) is 0 Å². The molecule has 0 bridgehead atoms. The van der Waals surface area contributed by atoms with Gasteiger partial charge in [-0.2, -0.15) is 0 Å². The normalized spacial score (nSPS) is 11.7. The van der Waals surface area contributed by atoms with E-state index in [1.54, 1.807) is 13.2 Å². The molecule has 0 fully saturated rings. The van der Waals surface area contributed by atoms with Crippen LogP contribution < -0.4 is 4.74 Å².